The van der Waals surface area contributed by atoms with E-state index in [9.17, 15) is 4.79 Å². The minimum Gasteiger partial charge on any atom is -0.480 e. The number of aliphatic hydroxyl groups is 2. The predicted octanol–water partition coefficient (Wildman–Crippen LogP) is -1.61. The van der Waals surface area contributed by atoms with Crippen LogP contribution in [0.3, 0.4) is 0 Å². The van der Waals surface area contributed by atoms with E-state index in [0.29, 0.717) is 0 Å². The summed E-state index contributed by atoms with van der Waals surface area (Å²) in [5, 5.41) is 25.4. The third-order valence-corrected chi connectivity index (χ3v) is 1.42. The van der Waals surface area contributed by atoms with Crippen molar-refractivity contribution in [2.45, 2.75) is 12.5 Å². The highest BCUT2D eigenvalue weighted by Gasteiger charge is 2.17. The topological polar surface area (TPSA) is 104 Å². The maximum absolute atomic E-state index is 10.2. The molecule has 66 valence electrons. The van der Waals surface area contributed by atoms with E-state index in [1.54, 1.807) is 0 Å². The van der Waals surface area contributed by atoms with Gasteiger partial charge in [-0.15, -0.1) is 0 Å². The van der Waals surface area contributed by atoms with E-state index in [4.69, 9.17) is 21.1 Å². The first-order chi connectivity index (χ1) is 5.11. The lowest BCUT2D eigenvalue weighted by Crippen LogP contribution is -2.34. The van der Waals surface area contributed by atoms with Gasteiger partial charge in [0.15, 0.2) is 0 Å². The van der Waals surface area contributed by atoms with E-state index in [1.165, 1.54) is 0 Å². The summed E-state index contributed by atoms with van der Waals surface area (Å²) in [7, 11) is 0. The Morgan fingerprint density at radius 1 is 1.36 bits per heavy atom. The van der Waals surface area contributed by atoms with Crippen molar-refractivity contribution in [1.82, 2.24) is 0 Å². The van der Waals surface area contributed by atoms with Crippen LogP contribution in [0, 0.1) is 5.92 Å². The highest BCUT2D eigenvalue weighted by atomic mass is 16.4. The lowest BCUT2D eigenvalue weighted by molar-refractivity contribution is -0.139. The van der Waals surface area contributed by atoms with Crippen molar-refractivity contribution in [3.05, 3.63) is 0 Å². The average Bonchev–Trinajstić information content (AvgIpc) is 1.99. The zero-order valence-electron chi connectivity index (χ0n) is 6.10. The number of carboxylic acid groups (broad SMARTS) is 1. The Morgan fingerprint density at radius 3 is 2.09 bits per heavy atom. The van der Waals surface area contributed by atoms with Gasteiger partial charge in [0.2, 0.25) is 0 Å². The van der Waals surface area contributed by atoms with Crippen molar-refractivity contribution >= 4 is 5.97 Å². The Kier molecular flexibility index (Phi) is 4.76. The second kappa shape index (κ2) is 5.06. The highest BCUT2D eigenvalue weighted by Crippen LogP contribution is 2.03. The van der Waals surface area contributed by atoms with Gasteiger partial charge in [-0.25, -0.2) is 0 Å². The Labute approximate surface area is 64.4 Å². The maximum atomic E-state index is 10.2. The van der Waals surface area contributed by atoms with Gasteiger partial charge in [-0.2, -0.15) is 0 Å². The normalized spacial score (nSPS) is 13.5. The average molecular weight is 163 g/mol. The van der Waals surface area contributed by atoms with E-state index in [-0.39, 0.29) is 19.6 Å². The molecule has 0 aromatic carbocycles. The van der Waals surface area contributed by atoms with Crippen LogP contribution in [-0.4, -0.2) is 40.5 Å². The summed E-state index contributed by atoms with van der Waals surface area (Å²) in [5.74, 6) is -1.54. The maximum Gasteiger partial charge on any atom is 0.320 e. The minimum atomic E-state index is -1.11. The van der Waals surface area contributed by atoms with Crippen molar-refractivity contribution in [3.8, 4) is 0 Å². The van der Waals surface area contributed by atoms with Crippen molar-refractivity contribution in [3.63, 3.8) is 0 Å². The lowest BCUT2D eigenvalue weighted by atomic mass is 10.0. The van der Waals surface area contributed by atoms with Gasteiger partial charge in [0.25, 0.3) is 0 Å². The predicted molar refractivity (Wildman–Crippen MR) is 37.9 cm³/mol. The summed E-state index contributed by atoms with van der Waals surface area (Å²) < 4.78 is 0. The summed E-state index contributed by atoms with van der Waals surface area (Å²) >= 11 is 0. The van der Waals surface area contributed by atoms with Gasteiger partial charge >= 0.3 is 5.97 Å². The van der Waals surface area contributed by atoms with Crippen LogP contribution >= 0.6 is 0 Å². The molecule has 11 heavy (non-hydrogen) atoms. The number of carboxylic acids is 1. The molecule has 0 aliphatic carbocycles. The van der Waals surface area contributed by atoms with E-state index in [2.05, 4.69) is 0 Å². The Bertz CT molecular complexity index is 124. The fourth-order valence-electron chi connectivity index (χ4n) is 0.667. The van der Waals surface area contributed by atoms with Crippen molar-refractivity contribution < 1.29 is 20.1 Å². The van der Waals surface area contributed by atoms with Crippen molar-refractivity contribution in [2.75, 3.05) is 13.2 Å². The molecule has 5 nitrogen and oxygen atoms in total. The van der Waals surface area contributed by atoms with Crippen LogP contribution in [0.15, 0.2) is 0 Å². The second-order valence-electron chi connectivity index (χ2n) is 2.41. The van der Waals surface area contributed by atoms with Crippen LogP contribution < -0.4 is 5.73 Å². The molecule has 0 heterocycles. The number of carbonyl (C=O) groups is 1. The summed E-state index contributed by atoms with van der Waals surface area (Å²) in [6.07, 6.45) is 0.0995. The molecule has 0 aliphatic rings. The van der Waals surface area contributed by atoms with Crippen molar-refractivity contribution in [2.24, 2.45) is 11.7 Å². The molecule has 0 aliphatic heterocycles. The molecule has 0 saturated carbocycles. The van der Waals surface area contributed by atoms with E-state index in [1.807, 2.05) is 0 Å². The van der Waals surface area contributed by atoms with Gasteiger partial charge in [0.05, 0.1) is 0 Å². The molecule has 0 aromatic heterocycles. The van der Waals surface area contributed by atoms with E-state index < -0.39 is 17.9 Å². The van der Waals surface area contributed by atoms with Crippen LogP contribution in [-0.2, 0) is 4.79 Å². The van der Waals surface area contributed by atoms with Gasteiger partial charge < -0.3 is 21.1 Å². The summed E-state index contributed by atoms with van der Waals surface area (Å²) in [6.45, 7) is -0.477. The molecule has 0 fully saturated rings. The monoisotopic (exact) mass is 163 g/mol. The van der Waals surface area contributed by atoms with Gasteiger partial charge in [-0.05, 0) is 6.42 Å². The zero-order chi connectivity index (χ0) is 8.85. The van der Waals surface area contributed by atoms with Crippen LogP contribution in [0.1, 0.15) is 6.42 Å². The summed E-state index contributed by atoms with van der Waals surface area (Å²) in [6, 6.07) is -1.00. The third-order valence-electron chi connectivity index (χ3n) is 1.42. The summed E-state index contributed by atoms with van der Waals surface area (Å²) in [4.78, 5) is 10.2. The number of aliphatic hydroxyl groups excluding tert-OH is 2. The molecular weight excluding hydrogens is 150 g/mol. The van der Waals surface area contributed by atoms with Crippen LogP contribution in [0.4, 0.5) is 0 Å². The molecule has 0 unspecified atom stereocenters. The van der Waals surface area contributed by atoms with Gasteiger partial charge in [0, 0.05) is 19.1 Å². The van der Waals surface area contributed by atoms with Gasteiger partial charge in [0.1, 0.15) is 6.04 Å². The fraction of sp³-hybridized carbons (Fsp3) is 0.833. The lowest BCUT2D eigenvalue weighted by Gasteiger charge is -2.12. The van der Waals surface area contributed by atoms with E-state index >= 15 is 0 Å². The standard InChI is InChI=1S/C6H13NO4/c7-5(6(10)11)1-4(2-8)3-9/h4-5,8-9H,1-3,7H2,(H,10,11)/t5-/m0/s1. The smallest absolute Gasteiger partial charge is 0.320 e. The van der Waals surface area contributed by atoms with Crippen molar-refractivity contribution in [1.29, 1.82) is 0 Å². The number of hydrogen-bond donors (Lipinski definition) is 4. The molecule has 0 amide bonds. The van der Waals surface area contributed by atoms with E-state index in [0.717, 1.165) is 0 Å². The number of nitrogens with two attached hydrogens (primary N) is 1. The minimum absolute atomic E-state index is 0.0995. The molecule has 0 spiro atoms. The fourth-order valence-corrected chi connectivity index (χ4v) is 0.667. The number of aliphatic carboxylic acids is 1. The Hall–Kier alpha value is -0.650. The second-order valence-corrected chi connectivity index (χ2v) is 2.41. The van der Waals surface area contributed by atoms with Gasteiger partial charge in [-0.1, -0.05) is 0 Å². The quantitative estimate of drug-likeness (QED) is 0.390. The molecular formula is C6H13NO4. The zero-order valence-corrected chi connectivity index (χ0v) is 6.10. The molecule has 0 saturated heterocycles. The third kappa shape index (κ3) is 3.92. The first-order valence-electron chi connectivity index (χ1n) is 3.32. The molecule has 5 N–H and O–H groups in total. The van der Waals surface area contributed by atoms with Gasteiger partial charge in [-0.3, -0.25) is 4.79 Å². The summed E-state index contributed by atoms with van der Waals surface area (Å²) in [5.41, 5.74) is 5.15. The molecule has 0 rings (SSSR count). The number of rotatable bonds is 5. The Morgan fingerprint density at radius 2 is 1.82 bits per heavy atom. The van der Waals surface area contributed by atoms with Crippen LogP contribution in [0.25, 0.3) is 0 Å². The Balaban J connectivity index is 3.71. The molecule has 5 heteroatoms. The first-order valence-corrected chi connectivity index (χ1v) is 3.32. The highest BCUT2D eigenvalue weighted by molar-refractivity contribution is 5.73. The number of hydrogen-bond acceptors (Lipinski definition) is 4. The molecule has 0 bridgehead atoms. The van der Waals surface area contributed by atoms with Crippen LogP contribution in [0.5, 0.6) is 0 Å². The first kappa shape index (κ1) is 10.3. The molecule has 0 aromatic rings. The SMILES string of the molecule is N[C@@H](CC(CO)CO)C(=O)O. The largest absolute Gasteiger partial charge is 0.480 e. The van der Waals surface area contributed by atoms with Crippen LogP contribution in [0.2, 0.25) is 0 Å². The molecule has 1 atom stereocenters. The molecule has 0 radical (unpaired) electrons.